The summed E-state index contributed by atoms with van der Waals surface area (Å²) in [5.74, 6) is -0.760. The van der Waals surface area contributed by atoms with Gasteiger partial charge in [-0.05, 0) is 78.4 Å². The van der Waals surface area contributed by atoms with E-state index in [-0.39, 0.29) is 35.3 Å². The van der Waals surface area contributed by atoms with Gasteiger partial charge in [0.25, 0.3) is 0 Å². The first-order valence-electron chi connectivity index (χ1n) is 14.2. The minimum absolute atomic E-state index is 0.0154. The summed E-state index contributed by atoms with van der Waals surface area (Å²) in [4.78, 5) is 12.4. The van der Waals surface area contributed by atoms with Gasteiger partial charge in [0.1, 0.15) is 11.5 Å². The molecular formula is C33H46N2O5Si. The molecule has 0 aliphatic rings. The van der Waals surface area contributed by atoms with Crippen LogP contribution >= 0.6 is 0 Å². The molecule has 0 heterocycles. The Balaban J connectivity index is 1.76. The summed E-state index contributed by atoms with van der Waals surface area (Å²) in [6, 6.07) is 20.3. The van der Waals surface area contributed by atoms with E-state index in [1.165, 1.54) is 0 Å². The van der Waals surface area contributed by atoms with Crippen LogP contribution in [-0.2, 0) is 28.7 Å². The second kappa shape index (κ2) is 13.7. The van der Waals surface area contributed by atoms with Crippen LogP contribution in [0.5, 0.6) is 11.5 Å². The number of nitrogens with two attached hydrogens (primary N) is 1. The lowest BCUT2D eigenvalue weighted by molar-refractivity contribution is -0.119. The molecule has 0 saturated heterocycles. The van der Waals surface area contributed by atoms with Gasteiger partial charge in [-0.3, -0.25) is 4.79 Å². The van der Waals surface area contributed by atoms with Crippen molar-refractivity contribution in [2.24, 2.45) is 5.73 Å². The predicted molar refractivity (Wildman–Crippen MR) is 166 cm³/mol. The summed E-state index contributed by atoms with van der Waals surface area (Å²) in [5, 5.41) is 33.7. The van der Waals surface area contributed by atoms with Crippen molar-refractivity contribution in [3.8, 4) is 11.5 Å². The summed E-state index contributed by atoms with van der Waals surface area (Å²) < 4.78 is 6.81. The van der Waals surface area contributed by atoms with Crippen LogP contribution in [0.25, 0.3) is 0 Å². The molecule has 0 saturated carbocycles. The lowest BCUT2D eigenvalue weighted by atomic mass is 9.89. The molecule has 41 heavy (non-hydrogen) atoms. The van der Waals surface area contributed by atoms with Crippen LogP contribution in [0, 0.1) is 0 Å². The fourth-order valence-electron chi connectivity index (χ4n) is 4.65. The maximum Gasteiger partial charge on any atom is 0.225 e. The fourth-order valence-corrected chi connectivity index (χ4v) is 5.93. The Morgan fingerprint density at radius 3 is 2.24 bits per heavy atom. The number of amides is 1. The number of para-hydroxylation sites is 1. The minimum atomic E-state index is -2.13. The lowest BCUT2D eigenvalue weighted by Gasteiger charge is -2.40. The topological polar surface area (TPSA) is 125 Å². The van der Waals surface area contributed by atoms with E-state index < -0.39 is 20.1 Å². The molecule has 0 aliphatic carbocycles. The molecule has 0 spiro atoms. The number of benzene rings is 3. The van der Waals surface area contributed by atoms with E-state index in [0.29, 0.717) is 24.1 Å². The molecular weight excluding hydrogens is 532 g/mol. The smallest absolute Gasteiger partial charge is 0.225 e. The number of phenolic OH excluding ortho intramolecular Hbond substituents is 1. The minimum Gasteiger partial charge on any atom is -0.508 e. The SMILES string of the molecule is C[C@H](Cc1cccc(C(Cc2ccccc2O)C(N)=O)c1)NC[C@@H](O[Si](C)(C)C(C)(C)C)c1ccc(O)c(CO)c1. The van der Waals surface area contributed by atoms with Gasteiger partial charge in [0.05, 0.1) is 18.6 Å². The molecule has 8 heteroatoms. The number of phenols is 2. The molecule has 0 aromatic heterocycles. The normalized spacial score (nSPS) is 14.4. The number of hydrogen-bond acceptors (Lipinski definition) is 6. The van der Waals surface area contributed by atoms with Gasteiger partial charge in [-0.15, -0.1) is 0 Å². The van der Waals surface area contributed by atoms with Crippen molar-refractivity contribution in [2.45, 2.75) is 83.3 Å². The van der Waals surface area contributed by atoms with Crippen LogP contribution in [0.3, 0.4) is 0 Å². The monoisotopic (exact) mass is 578 g/mol. The highest BCUT2D eigenvalue weighted by atomic mass is 28.4. The third kappa shape index (κ3) is 8.66. The van der Waals surface area contributed by atoms with Crippen LogP contribution in [0.1, 0.15) is 67.5 Å². The Labute approximate surface area is 245 Å². The zero-order chi connectivity index (χ0) is 30.4. The van der Waals surface area contributed by atoms with Crippen molar-refractivity contribution in [3.05, 3.63) is 94.5 Å². The highest BCUT2D eigenvalue weighted by Crippen LogP contribution is 2.40. The van der Waals surface area contributed by atoms with Gasteiger partial charge in [0, 0.05) is 18.2 Å². The van der Waals surface area contributed by atoms with E-state index in [1.807, 2.05) is 42.5 Å². The summed E-state index contributed by atoms with van der Waals surface area (Å²) in [7, 11) is -2.13. The number of carbonyl (C=O) groups is 1. The summed E-state index contributed by atoms with van der Waals surface area (Å²) >= 11 is 0. The van der Waals surface area contributed by atoms with E-state index in [4.69, 9.17) is 10.2 Å². The van der Waals surface area contributed by atoms with E-state index in [9.17, 15) is 20.1 Å². The average Bonchev–Trinajstić information content (AvgIpc) is 2.90. The molecule has 3 atom stereocenters. The largest absolute Gasteiger partial charge is 0.508 e. The molecule has 1 unspecified atom stereocenters. The number of carbonyl (C=O) groups excluding carboxylic acids is 1. The highest BCUT2D eigenvalue weighted by molar-refractivity contribution is 6.74. The van der Waals surface area contributed by atoms with Gasteiger partial charge in [-0.25, -0.2) is 0 Å². The third-order valence-electron chi connectivity index (χ3n) is 8.19. The molecule has 3 aromatic carbocycles. The van der Waals surface area contributed by atoms with Crippen LogP contribution in [0.2, 0.25) is 18.1 Å². The van der Waals surface area contributed by atoms with E-state index in [0.717, 1.165) is 23.1 Å². The first kappa shape index (κ1) is 32.3. The lowest BCUT2D eigenvalue weighted by Crippen LogP contribution is -2.44. The Kier molecular flexibility index (Phi) is 10.8. The second-order valence-electron chi connectivity index (χ2n) is 12.5. The van der Waals surface area contributed by atoms with Gasteiger partial charge in [0.2, 0.25) is 5.91 Å². The van der Waals surface area contributed by atoms with Crippen molar-refractivity contribution in [3.63, 3.8) is 0 Å². The Morgan fingerprint density at radius 2 is 1.61 bits per heavy atom. The molecule has 0 radical (unpaired) electrons. The van der Waals surface area contributed by atoms with Crippen molar-refractivity contribution in [2.75, 3.05) is 6.54 Å². The van der Waals surface area contributed by atoms with E-state index in [2.05, 4.69) is 46.1 Å². The molecule has 0 bridgehead atoms. The number of aliphatic hydroxyl groups excluding tert-OH is 1. The number of primary amides is 1. The molecule has 7 nitrogen and oxygen atoms in total. The van der Waals surface area contributed by atoms with Gasteiger partial charge >= 0.3 is 0 Å². The fraction of sp³-hybridized carbons (Fsp3) is 0.424. The zero-order valence-corrected chi connectivity index (χ0v) is 26.1. The molecule has 1 amide bonds. The molecule has 3 rings (SSSR count). The second-order valence-corrected chi connectivity index (χ2v) is 17.2. The average molecular weight is 579 g/mol. The van der Waals surface area contributed by atoms with E-state index >= 15 is 0 Å². The Bertz CT molecular complexity index is 1320. The first-order chi connectivity index (χ1) is 19.2. The summed E-state index contributed by atoms with van der Waals surface area (Å²) in [6.07, 6.45) is 0.794. The van der Waals surface area contributed by atoms with Crippen molar-refractivity contribution in [1.29, 1.82) is 0 Å². The third-order valence-corrected chi connectivity index (χ3v) is 12.7. The first-order valence-corrected chi connectivity index (χ1v) is 17.1. The van der Waals surface area contributed by atoms with Gasteiger partial charge < -0.3 is 30.8 Å². The van der Waals surface area contributed by atoms with E-state index in [1.54, 1.807) is 24.3 Å². The Hall–Kier alpha value is -3.17. The molecule has 0 fully saturated rings. The number of rotatable bonds is 13. The number of aliphatic hydroxyl groups is 1. The van der Waals surface area contributed by atoms with Gasteiger partial charge in [0.15, 0.2) is 8.32 Å². The number of aromatic hydroxyl groups is 2. The van der Waals surface area contributed by atoms with Crippen molar-refractivity contribution < 1.29 is 24.5 Å². The van der Waals surface area contributed by atoms with Crippen LogP contribution in [-0.4, -0.2) is 42.1 Å². The maximum absolute atomic E-state index is 12.4. The summed E-state index contributed by atoms with van der Waals surface area (Å²) in [5.41, 5.74) is 9.75. The maximum atomic E-state index is 12.4. The predicted octanol–water partition coefficient (Wildman–Crippen LogP) is 5.69. The van der Waals surface area contributed by atoms with Crippen LogP contribution in [0.4, 0.5) is 0 Å². The van der Waals surface area contributed by atoms with Crippen LogP contribution < -0.4 is 11.1 Å². The molecule has 3 aromatic rings. The Morgan fingerprint density at radius 1 is 0.927 bits per heavy atom. The standard InChI is InChI=1S/C33H46N2O5Si/c1-22(16-23-10-9-12-24(17-23)28(32(34)39)19-25-11-7-8-13-29(25)37)35-20-31(40-41(5,6)33(2,3)4)26-14-15-30(38)27(18-26)21-36/h7-15,17-18,22,28,31,35-38H,16,19-21H2,1-6H3,(H2,34,39)/t22-,28?,31-/m1/s1. The highest BCUT2D eigenvalue weighted by Gasteiger charge is 2.39. The van der Waals surface area contributed by atoms with Gasteiger partial charge in [-0.1, -0.05) is 69.3 Å². The van der Waals surface area contributed by atoms with Gasteiger partial charge in [-0.2, -0.15) is 0 Å². The molecule has 222 valence electrons. The summed E-state index contributed by atoms with van der Waals surface area (Å²) in [6.45, 7) is 13.5. The van der Waals surface area contributed by atoms with Crippen molar-refractivity contribution >= 4 is 14.2 Å². The van der Waals surface area contributed by atoms with Crippen molar-refractivity contribution in [1.82, 2.24) is 5.32 Å². The quantitative estimate of drug-likeness (QED) is 0.166. The van der Waals surface area contributed by atoms with Crippen LogP contribution in [0.15, 0.2) is 66.7 Å². The molecule has 0 aliphatic heterocycles. The number of nitrogens with one attached hydrogen (secondary N) is 1. The number of hydrogen-bond donors (Lipinski definition) is 5. The molecule has 6 N–H and O–H groups in total. The zero-order valence-electron chi connectivity index (χ0n) is 25.1.